The predicted molar refractivity (Wildman–Crippen MR) is 115 cm³/mol. The van der Waals surface area contributed by atoms with Gasteiger partial charge in [-0.25, -0.2) is 0 Å². The molecule has 0 aliphatic rings. The third kappa shape index (κ3) is 6.32. The molecule has 1 aromatic heterocycles. The van der Waals surface area contributed by atoms with Crippen molar-refractivity contribution in [3.05, 3.63) is 88.7 Å². The van der Waals surface area contributed by atoms with Crippen LogP contribution in [0.25, 0.3) is 6.08 Å². The summed E-state index contributed by atoms with van der Waals surface area (Å²) in [7, 11) is 0. The standard InChI is InChI=1S/C23H21ClN2O4/c24-21-5-2-1-4-19(21)16-26-15-17(14-25-26)7-12-22(27)18-8-10-20(11-9-18)30-13-3-6-23(28)29/h1-2,4-5,7-12,14-15H,3,6,13,16H2,(H,28,29)/b12-7+. The number of halogens is 1. The van der Waals surface area contributed by atoms with Gasteiger partial charge in [-0.05, 0) is 54.5 Å². The van der Waals surface area contributed by atoms with E-state index in [9.17, 15) is 9.59 Å². The average molecular weight is 425 g/mol. The number of benzene rings is 2. The zero-order chi connectivity index (χ0) is 21.3. The molecule has 0 unspecified atom stereocenters. The normalized spacial score (nSPS) is 11.0. The molecule has 7 heteroatoms. The van der Waals surface area contributed by atoms with E-state index in [1.807, 2.05) is 30.5 Å². The molecule has 0 saturated carbocycles. The Morgan fingerprint density at radius 1 is 1.13 bits per heavy atom. The zero-order valence-corrected chi connectivity index (χ0v) is 17.0. The van der Waals surface area contributed by atoms with E-state index < -0.39 is 5.97 Å². The maximum atomic E-state index is 12.4. The van der Waals surface area contributed by atoms with Crippen molar-refractivity contribution in [1.29, 1.82) is 0 Å². The van der Waals surface area contributed by atoms with Gasteiger partial charge in [0, 0.05) is 28.8 Å². The van der Waals surface area contributed by atoms with Gasteiger partial charge in [-0.3, -0.25) is 14.3 Å². The van der Waals surface area contributed by atoms with Gasteiger partial charge < -0.3 is 9.84 Å². The Morgan fingerprint density at radius 2 is 1.90 bits per heavy atom. The van der Waals surface area contributed by atoms with Gasteiger partial charge in [-0.1, -0.05) is 29.8 Å². The van der Waals surface area contributed by atoms with Gasteiger partial charge in [0.15, 0.2) is 5.78 Å². The zero-order valence-electron chi connectivity index (χ0n) is 16.2. The number of allylic oxidation sites excluding steroid dienone is 1. The Hall–Kier alpha value is -3.38. The summed E-state index contributed by atoms with van der Waals surface area (Å²) in [4.78, 5) is 22.9. The van der Waals surface area contributed by atoms with Crippen molar-refractivity contribution in [2.75, 3.05) is 6.61 Å². The van der Waals surface area contributed by atoms with E-state index in [-0.39, 0.29) is 12.2 Å². The lowest BCUT2D eigenvalue weighted by molar-refractivity contribution is -0.137. The number of carbonyl (C=O) groups is 2. The molecule has 0 bridgehead atoms. The van der Waals surface area contributed by atoms with Gasteiger partial charge in [-0.2, -0.15) is 5.10 Å². The number of hydrogen-bond donors (Lipinski definition) is 1. The van der Waals surface area contributed by atoms with Gasteiger partial charge >= 0.3 is 5.97 Å². The van der Waals surface area contributed by atoms with E-state index >= 15 is 0 Å². The Bertz CT molecular complexity index is 1040. The topological polar surface area (TPSA) is 81.4 Å². The molecule has 2 aromatic carbocycles. The summed E-state index contributed by atoms with van der Waals surface area (Å²) in [5.74, 6) is -0.381. The molecule has 0 atom stereocenters. The molecule has 1 heterocycles. The van der Waals surface area contributed by atoms with Crippen LogP contribution < -0.4 is 4.74 Å². The minimum atomic E-state index is -0.847. The largest absolute Gasteiger partial charge is 0.494 e. The van der Waals surface area contributed by atoms with Crippen LogP contribution in [-0.4, -0.2) is 33.2 Å². The number of aromatic nitrogens is 2. The first kappa shape index (κ1) is 21.3. The number of carboxylic acid groups (broad SMARTS) is 1. The maximum absolute atomic E-state index is 12.4. The van der Waals surface area contributed by atoms with Crippen LogP contribution in [0.4, 0.5) is 0 Å². The van der Waals surface area contributed by atoms with Crippen molar-refractivity contribution in [3.8, 4) is 5.75 Å². The lowest BCUT2D eigenvalue weighted by Gasteiger charge is -2.05. The molecule has 3 aromatic rings. The first-order chi connectivity index (χ1) is 14.5. The molecule has 0 amide bonds. The highest BCUT2D eigenvalue weighted by Gasteiger charge is 2.05. The van der Waals surface area contributed by atoms with Crippen molar-refractivity contribution in [2.45, 2.75) is 19.4 Å². The van der Waals surface area contributed by atoms with Gasteiger partial charge in [0.05, 0.1) is 19.3 Å². The first-order valence-corrected chi connectivity index (χ1v) is 9.82. The summed E-state index contributed by atoms with van der Waals surface area (Å²) in [6.45, 7) is 0.868. The number of carbonyl (C=O) groups excluding carboxylic acids is 1. The van der Waals surface area contributed by atoms with E-state index in [0.717, 1.165) is 11.1 Å². The number of aliphatic carboxylic acids is 1. The van der Waals surface area contributed by atoms with E-state index in [1.54, 1.807) is 41.2 Å². The van der Waals surface area contributed by atoms with Crippen LogP contribution in [-0.2, 0) is 11.3 Å². The minimum absolute atomic E-state index is 0.0658. The van der Waals surface area contributed by atoms with Crippen molar-refractivity contribution >= 4 is 29.4 Å². The Kier molecular flexibility index (Phi) is 7.40. The molecule has 0 fully saturated rings. The number of rotatable bonds is 10. The van der Waals surface area contributed by atoms with Crippen molar-refractivity contribution in [3.63, 3.8) is 0 Å². The molecule has 0 spiro atoms. The van der Waals surface area contributed by atoms with Gasteiger partial charge in [0.2, 0.25) is 0 Å². The maximum Gasteiger partial charge on any atom is 0.303 e. The van der Waals surface area contributed by atoms with Crippen LogP contribution in [0.1, 0.15) is 34.3 Å². The first-order valence-electron chi connectivity index (χ1n) is 9.44. The van der Waals surface area contributed by atoms with Crippen LogP contribution in [0.2, 0.25) is 5.02 Å². The van der Waals surface area contributed by atoms with Crippen LogP contribution in [0.15, 0.2) is 67.0 Å². The minimum Gasteiger partial charge on any atom is -0.494 e. The van der Waals surface area contributed by atoms with Gasteiger partial charge in [-0.15, -0.1) is 0 Å². The van der Waals surface area contributed by atoms with Crippen LogP contribution in [0.5, 0.6) is 5.75 Å². The van der Waals surface area contributed by atoms with Crippen molar-refractivity contribution in [1.82, 2.24) is 9.78 Å². The lowest BCUT2D eigenvalue weighted by atomic mass is 10.1. The summed E-state index contributed by atoms with van der Waals surface area (Å²) < 4.78 is 7.23. The summed E-state index contributed by atoms with van der Waals surface area (Å²) in [6.07, 6.45) is 7.25. The van der Waals surface area contributed by atoms with E-state index in [4.69, 9.17) is 21.4 Å². The molecule has 0 radical (unpaired) electrons. The third-order valence-corrected chi connectivity index (χ3v) is 4.68. The average Bonchev–Trinajstić information content (AvgIpc) is 3.19. The number of hydrogen-bond acceptors (Lipinski definition) is 4. The summed E-state index contributed by atoms with van der Waals surface area (Å²) in [5, 5.41) is 13.6. The molecule has 30 heavy (non-hydrogen) atoms. The Morgan fingerprint density at radius 3 is 2.63 bits per heavy atom. The van der Waals surface area contributed by atoms with Crippen molar-refractivity contribution < 1.29 is 19.4 Å². The molecule has 0 aliphatic heterocycles. The summed E-state index contributed by atoms with van der Waals surface area (Å²) in [6, 6.07) is 14.4. The second-order valence-electron chi connectivity index (χ2n) is 6.63. The molecule has 154 valence electrons. The van der Waals surface area contributed by atoms with Crippen molar-refractivity contribution in [2.24, 2.45) is 0 Å². The molecule has 1 N–H and O–H groups in total. The number of carboxylic acids is 1. The summed E-state index contributed by atoms with van der Waals surface area (Å²) in [5.41, 5.74) is 2.32. The Labute approximate surface area is 179 Å². The van der Waals surface area contributed by atoms with E-state index in [2.05, 4.69) is 5.10 Å². The molecular weight excluding hydrogens is 404 g/mol. The fourth-order valence-corrected chi connectivity index (χ4v) is 2.95. The molecular formula is C23H21ClN2O4. The SMILES string of the molecule is O=C(O)CCCOc1ccc(C(=O)/C=C/c2cnn(Cc3ccccc3Cl)c2)cc1. The smallest absolute Gasteiger partial charge is 0.303 e. The fourth-order valence-electron chi connectivity index (χ4n) is 2.75. The quantitative estimate of drug-likeness (QED) is 0.289. The Balaban J connectivity index is 1.53. The molecule has 6 nitrogen and oxygen atoms in total. The highest BCUT2D eigenvalue weighted by molar-refractivity contribution is 6.31. The molecule has 3 rings (SSSR count). The van der Waals surface area contributed by atoms with Crippen LogP contribution in [0, 0.1) is 0 Å². The number of nitrogens with zero attached hydrogens (tertiary/aromatic N) is 2. The monoisotopic (exact) mass is 424 g/mol. The fraction of sp³-hybridized carbons (Fsp3) is 0.174. The third-order valence-electron chi connectivity index (χ3n) is 4.31. The van der Waals surface area contributed by atoms with Crippen LogP contribution in [0.3, 0.4) is 0 Å². The number of ether oxygens (including phenoxy) is 1. The van der Waals surface area contributed by atoms with Gasteiger partial charge in [0.1, 0.15) is 5.75 Å². The predicted octanol–water partition coefficient (Wildman–Crippen LogP) is 4.72. The second-order valence-corrected chi connectivity index (χ2v) is 7.04. The number of ketones is 1. The van der Waals surface area contributed by atoms with Crippen LogP contribution >= 0.6 is 11.6 Å². The molecule has 0 saturated heterocycles. The van der Waals surface area contributed by atoms with E-state index in [1.165, 1.54) is 6.08 Å². The second kappa shape index (κ2) is 10.4. The highest BCUT2D eigenvalue weighted by Crippen LogP contribution is 2.17. The van der Waals surface area contributed by atoms with E-state index in [0.29, 0.717) is 35.9 Å². The highest BCUT2D eigenvalue weighted by atomic mass is 35.5. The molecule has 0 aliphatic carbocycles. The summed E-state index contributed by atoms with van der Waals surface area (Å²) >= 11 is 6.18. The lowest BCUT2D eigenvalue weighted by Crippen LogP contribution is -2.02. The van der Waals surface area contributed by atoms with Gasteiger partial charge in [0.25, 0.3) is 0 Å².